The molecule has 1 fully saturated rings. The van der Waals surface area contributed by atoms with E-state index in [4.69, 9.17) is 4.74 Å². The van der Waals surface area contributed by atoms with Crippen LogP contribution in [0.1, 0.15) is 37.9 Å². The number of fused-ring (bicyclic) bond motifs is 1. The predicted octanol–water partition coefficient (Wildman–Crippen LogP) is 3.81. The smallest absolute Gasteiger partial charge is 0.326 e. The maximum atomic E-state index is 12.4. The van der Waals surface area contributed by atoms with E-state index in [9.17, 15) is 19.5 Å². The highest BCUT2D eigenvalue weighted by atomic mass is 16.5. The van der Waals surface area contributed by atoms with E-state index < -0.39 is 22.9 Å². The summed E-state index contributed by atoms with van der Waals surface area (Å²) in [6.45, 7) is 5.91. The average molecular weight is 501 g/mol. The molecule has 2 N–H and O–H groups in total. The lowest BCUT2D eigenvalue weighted by Crippen LogP contribution is -2.48. The minimum atomic E-state index is -1.11. The van der Waals surface area contributed by atoms with E-state index in [1.54, 1.807) is 36.7 Å². The number of hydrogen-bond acceptors (Lipinski definition) is 8. The monoisotopic (exact) mass is 500 g/mol. The van der Waals surface area contributed by atoms with Crippen LogP contribution in [-0.2, 0) is 11.2 Å². The Balaban J connectivity index is 1.33. The number of anilines is 2. The van der Waals surface area contributed by atoms with Crippen molar-refractivity contribution in [2.45, 2.75) is 58.2 Å². The molecule has 9 nitrogen and oxygen atoms in total. The predicted molar refractivity (Wildman–Crippen MR) is 142 cm³/mol. The molecule has 2 aromatic heterocycles. The summed E-state index contributed by atoms with van der Waals surface area (Å²) >= 11 is 0. The molecule has 190 valence electrons. The van der Waals surface area contributed by atoms with Crippen molar-refractivity contribution < 1.29 is 14.6 Å². The molecule has 4 aromatic rings. The summed E-state index contributed by atoms with van der Waals surface area (Å²) in [6, 6.07) is 10.1. The van der Waals surface area contributed by atoms with Gasteiger partial charge in [0.2, 0.25) is 5.88 Å². The number of pyridine rings is 2. The molecule has 0 radical (unpaired) electrons. The molecule has 0 amide bonds. The average Bonchev–Trinajstić information content (AvgIpc) is 3.20. The van der Waals surface area contributed by atoms with Crippen LogP contribution in [-0.4, -0.2) is 39.2 Å². The molecule has 0 bridgehead atoms. The van der Waals surface area contributed by atoms with Crippen molar-refractivity contribution in [2.75, 3.05) is 10.2 Å². The largest absolute Gasteiger partial charge is 0.480 e. The second-order valence-corrected chi connectivity index (χ2v) is 9.72. The van der Waals surface area contributed by atoms with Crippen molar-refractivity contribution in [1.82, 2.24) is 9.97 Å². The van der Waals surface area contributed by atoms with E-state index in [1.807, 2.05) is 37.8 Å². The lowest BCUT2D eigenvalue weighted by Gasteiger charge is -2.32. The van der Waals surface area contributed by atoms with Gasteiger partial charge in [-0.05, 0) is 68.8 Å². The molecule has 2 aromatic carbocycles. The number of aromatic nitrogens is 2. The molecule has 1 saturated heterocycles. The van der Waals surface area contributed by atoms with Crippen molar-refractivity contribution in [3.05, 3.63) is 80.5 Å². The lowest BCUT2D eigenvalue weighted by atomic mass is 10.0. The number of nitrogens with one attached hydrogen (secondary N) is 1. The number of benzene rings is 1. The maximum Gasteiger partial charge on any atom is 0.326 e. The number of nitrogens with zero attached hydrogens (tertiary/aromatic N) is 3. The molecule has 1 aliphatic rings. The topological polar surface area (TPSA) is 122 Å². The highest BCUT2D eigenvalue weighted by Crippen LogP contribution is 2.33. The summed E-state index contributed by atoms with van der Waals surface area (Å²) in [5.41, 5.74) is 0.744. The number of carboxylic acid groups (broad SMARTS) is 1. The van der Waals surface area contributed by atoms with Gasteiger partial charge in [0.05, 0.1) is 5.39 Å². The van der Waals surface area contributed by atoms with E-state index in [2.05, 4.69) is 15.3 Å². The molecule has 2 unspecified atom stereocenters. The van der Waals surface area contributed by atoms with Crippen LogP contribution in [0.15, 0.2) is 58.4 Å². The van der Waals surface area contributed by atoms with E-state index >= 15 is 0 Å². The summed E-state index contributed by atoms with van der Waals surface area (Å²) in [5, 5.41) is 14.5. The maximum absolute atomic E-state index is 12.4. The molecule has 9 heteroatoms. The Hall–Kier alpha value is -4.27. The fraction of sp³-hybridized carbons (Fsp3) is 0.321. The van der Waals surface area contributed by atoms with Crippen LogP contribution >= 0.6 is 0 Å². The summed E-state index contributed by atoms with van der Waals surface area (Å²) < 4.78 is 6.01. The first kappa shape index (κ1) is 24.4. The molecule has 37 heavy (non-hydrogen) atoms. The van der Waals surface area contributed by atoms with Crippen LogP contribution in [0.2, 0.25) is 0 Å². The van der Waals surface area contributed by atoms with Crippen molar-refractivity contribution in [3.8, 4) is 11.6 Å². The number of rotatable bonds is 8. The van der Waals surface area contributed by atoms with Gasteiger partial charge < -0.3 is 20.1 Å². The summed E-state index contributed by atoms with van der Waals surface area (Å²) in [4.78, 5) is 47.4. The second-order valence-electron chi connectivity index (χ2n) is 9.72. The van der Waals surface area contributed by atoms with Crippen molar-refractivity contribution >= 4 is 28.1 Å². The number of hydrogen-bond donors (Lipinski definition) is 2. The Morgan fingerprint density at radius 1 is 1.14 bits per heavy atom. The third-order valence-corrected chi connectivity index (χ3v) is 7.02. The molecule has 1 aliphatic heterocycles. The molecule has 0 aliphatic carbocycles. The first-order valence-electron chi connectivity index (χ1n) is 12.3. The van der Waals surface area contributed by atoms with Crippen LogP contribution in [0, 0.1) is 6.92 Å². The zero-order chi connectivity index (χ0) is 26.3. The van der Waals surface area contributed by atoms with Gasteiger partial charge in [0.15, 0.2) is 0 Å². The number of aliphatic carboxylic acids is 1. The molecule has 0 saturated carbocycles. The highest BCUT2D eigenvalue weighted by Gasteiger charge is 2.36. The zero-order valence-electron chi connectivity index (χ0n) is 20.9. The van der Waals surface area contributed by atoms with Crippen LogP contribution in [0.4, 0.5) is 11.4 Å². The van der Waals surface area contributed by atoms with Gasteiger partial charge in [0.25, 0.3) is 10.9 Å². The fourth-order valence-electron chi connectivity index (χ4n) is 5.08. The van der Waals surface area contributed by atoms with Gasteiger partial charge in [-0.2, -0.15) is 0 Å². The van der Waals surface area contributed by atoms with E-state index in [0.29, 0.717) is 17.3 Å². The quantitative estimate of drug-likeness (QED) is 0.348. The minimum Gasteiger partial charge on any atom is -0.480 e. The Morgan fingerprint density at radius 2 is 1.84 bits per heavy atom. The van der Waals surface area contributed by atoms with Crippen LogP contribution in [0.25, 0.3) is 10.8 Å². The highest BCUT2D eigenvalue weighted by molar-refractivity contribution is 5.86. The zero-order valence-corrected chi connectivity index (χ0v) is 20.9. The first-order valence-corrected chi connectivity index (χ1v) is 12.3. The van der Waals surface area contributed by atoms with Gasteiger partial charge in [-0.3, -0.25) is 14.6 Å². The summed E-state index contributed by atoms with van der Waals surface area (Å²) in [5.74, 6) is -0.114. The SMILES string of the molecule is Cc1cc2ccncc2c(Oc2ccc(C[C@H](Nc3c(N4C(C)CCC4C)c(=O)c3=O)C(=O)O)cc2)n1. The summed E-state index contributed by atoms with van der Waals surface area (Å²) in [7, 11) is 0. The van der Waals surface area contributed by atoms with Gasteiger partial charge in [0, 0.05) is 36.6 Å². The second kappa shape index (κ2) is 9.65. The van der Waals surface area contributed by atoms with Crippen molar-refractivity contribution in [2.24, 2.45) is 0 Å². The van der Waals surface area contributed by atoms with Crippen molar-refractivity contribution in [3.63, 3.8) is 0 Å². The third kappa shape index (κ3) is 4.64. The summed E-state index contributed by atoms with van der Waals surface area (Å²) in [6.07, 6.45) is 5.37. The number of carboxylic acids is 1. The van der Waals surface area contributed by atoms with Crippen molar-refractivity contribution in [1.29, 1.82) is 0 Å². The van der Waals surface area contributed by atoms with E-state index in [0.717, 1.165) is 34.9 Å². The van der Waals surface area contributed by atoms with Gasteiger partial charge in [-0.15, -0.1) is 0 Å². The van der Waals surface area contributed by atoms with Gasteiger partial charge in [-0.1, -0.05) is 12.1 Å². The van der Waals surface area contributed by atoms with Gasteiger partial charge in [-0.25, -0.2) is 9.78 Å². The molecule has 5 rings (SSSR count). The van der Waals surface area contributed by atoms with Crippen LogP contribution in [0.5, 0.6) is 11.6 Å². The standard InChI is InChI=1S/C28H28N4O5/c1-15-12-19-10-11-29-14-21(19)27(30-15)37-20-8-6-18(7-9-20)13-22(28(35)36)31-23-24(26(34)25(23)33)32-16(2)4-5-17(32)3/h6-12,14,16-17,22,31H,4-5,13H2,1-3H3,(H,35,36)/t16?,17?,22-/m0/s1. The Kier molecular flexibility index (Phi) is 6.37. The molecule has 3 atom stereocenters. The molecular weight excluding hydrogens is 472 g/mol. The number of aryl methyl sites for hydroxylation is 1. The Bertz CT molecular complexity index is 1530. The molecular formula is C28H28N4O5. The Labute approximate surface area is 213 Å². The van der Waals surface area contributed by atoms with E-state index in [1.165, 1.54) is 0 Å². The third-order valence-electron chi connectivity index (χ3n) is 7.02. The molecule has 0 spiro atoms. The van der Waals surface area contributed by atoms with E-state index in [-0.39, 0.29) is 24.2 Å². The van der Waals surface area contributed by atoms with Gasteiger partial charge in [0.1, 0.15) is 23.2 Å². The van der Waals surface area contributed by atoms with Crippen LogP contribution in [0.3, 0.4) is 0 Å². The minimum absolute atomic E-state index is 0.101. The van der Waals surface area contributed by atoms with Gasteiger partial charge >= 0.3 is 5.97 Å². The van der Waals surface area contributed by atoms with Crippen LogP contribution < -0.4 is 25.8 Å². The fourth-order valence-corrected chi connectivity index (χ4v) is 5.08. The number of ether oxygens (including phenoxy) is 1. The first-order chi connectivity index (χ1) is 17.7. The Morgan fingerprint density at radius 3 is 2.51 bits per heavy atom. The lowest BCUT2D eigenvalue weighted by molar-refractivity contribution is -0.137. The normalized spacial score (nSPS) is 18.3. The molecule has 3 heterocycles. The number of carbonyl (C=O) groups is 1.